The first-order chi connectivity index (χ1) is 7.29. The molecule has 15 heavy (non-hydrogen) atoms. The van der Waals surface area contributed by atoms with Gasteiger partial charge in [-0.25, -0.2) is 4.31 Å². The Balaban J connectivity index is 2.22. The van der Waals surface area contributed by atoms with Gasteiger partial charge in [-0.1, -0.05) is 30.3 Å². The third-order valence-corrected chi connectivity index (χ3v) is 4.30. The van der Waals surface area contributed by atoms with E-state index in [9.17, 15) is 8.76 Å². The molecule has 1 aromatic rings. The van der Waals surface area contributed by atoms with E-state index in [1.807, 2.05) is 30.3 Å². The highest BCUT2D eigenvalue weighted by molar-refractivity contribution is 7.99. The maximum atomic E-state index is 11.1. The van der Waals surface area contributed by atoms with E-state index in [-0.39, 0.29) is 6.04 Å². The van der Waals surface area contributed by atoms with Crippen molar-refractivity contribution in [1.29, 1.82) is 0 Å². The van der Waals surface area contributed by atoms with Gasteiger partial charge in [0.05, 0.1) is 6.04 Å². The summed E-state index contributed by atoms with van der Waals surface area (Å²) in [5.41, 5.74) is 1.08. The van der Waals surface area contributed by atoms with Crippen LogP contribution in [-0.2, 0) is 11.3 Å². The van der Waals surface area contributed by atoms with Gasteiger partial charge in [0.1, 0.15) is 0 Å². The highest BCUT2D eigenvalue weighted by atomic mass is 32.2. The zero-order valence-corrected chi connectivity index (χ0v) is 9.80. The molecule has 1 saturated heterocycles. The molecule has 0 spiro atoms. The summed E-state index contributed by atoms with van der Waals surface area (Å²) < 4.78 is 23.6. The van der Waals surface area contributed by atoms with E-state index in [4.69, 9.17) is 0 Å². The van der Waals surface area contributed by atoms with Crippen molar-refractivity contribution < 1.29 is 8.76 Å². The Hall–Kier alpha value is -0.360. The largest absolute Gasteiger partial charge is 0.760 e. The molecule has 1 aliphatic rings. The number of hydrogen-bond donors (Lipinski definition) is 0. The Morgan fingerprint density at radius 3 is 2.80 bits per heavy atom. The molecule has 2 atom stereocenters. The van der Waals surface area contributed by atoms with Crippen molar-refractivity contribution >= 4 is 23.0 Å². The predicted octanol–water partition coefficient (Wildman–Crippen LogP) is 1.57. The van der Waals surface area contributed by atoms with Gasteiger partial charge in [0.25, 0.3) is 0 Å². The number of nitrogens with zero attached hydrogens (tertiary/aromatic N) is 1. The molecule has 1 heterocycles. The van der Waals surface area contributed by atoms with Crippen LogP contribution in [0.3, 0.4) is 0 Å². The molecule has 0 bridgehead atoms. The summed E-state index contributed by atoms with van der Waals surface area (Å²) in [4.78, 5) is 0. The highest BCUT2D eigenvalue weighted by Crippen LogP contribution is 2.29. The summed E-state index contributed by atoms with van der Waals surface area (Å²) in [5, 5.41) is 0. The van der Waals surface area contributed by atoms with Crippen LogP contribution in [0, 0.1) is 0 Å². The van der Waals surface area contributed by atoms with Crippen molar-refractivity contribution in [2.24, 2.45) is 0 Å². The van der Waals surface area contributed by atoms with Crippen molar-refractivity contribution in [3.8, 4) is 0 Å². The first kappa shape index (κ1) is 11.1. The van der Waals surface area contributed by atoms with E-state index in [1.165, 1.54) is 4.31 Å². The predicted molar refractivity (Wildman–Crippen MR) is 62.1 cm³/mol. The van der Waals surface area contributed by atoms with Crippen LogP contribution in [0.2, 0.25) is 0 Å². The van der Waals surface area contributed by atoms with Crippen molar-refractivity contribution in [2.75, 3.05) is 18.1 Å². The summed E-state index contributed by atoms with van der Waals surface area (Å²) in [6.07, 6.45) is 0. The zero-order chi connectivity index (χ0) is 10.7. The van der Waals surface area contributed by atoms with Gasteiger partial charge in [-0.2, -0.15) is 11.8 Å². The Morgan fingerprint density at radius 2 is 2.13 bits per heavy atom. The molecule has 1 aromatic carbocycles. The molecule has 0 amide bonds. The average Bonchev–Trinajstić information content (AvgIpc) is 2.30. The van der Waals surface area contributed by atoms with Gasteiger partial charge < -0.3 is 4.55 Å². The van der Waals surface area contributed by atoms with E-state index in [1.54, 1.807) is 11.8 Å². The second-order valence-corrected chi connectivity index (χ2v) is 5.41. The molecular weight excluding hydrogens is 230 g/mol. The van der Waals surface area contributed by atoms with Gasteiger partial charge in [0.15, 0.2) is 0 Å². The minimum atomic E-state index is -2.11. The van der Waals surface area contributed by atoms with Gasteiger partial charge in [-0.05, 0) is 5.56 Å². The summed E-state index contributed by atoms with van der Waals surface area (Å²) in [5.74, 6) is 1.73. The highest BCUT2D eigenvalue weighted by Gasteiger charge is 2.24. The van der Waals surface area contributed by atoms with Crippen LogP contribution in [0.25, 0.3) is 0 Å². The van der Waals surface area contributed by atoms with Crippen LogP contribution in [0.4, 0.5) is 0 Å². The van der Waals surface area contributed by atoms with E-state index >= 15 is 0 Å². The van der Waals surface area contributed by atoms with E-state index in [0.717, 1.165) is 17.1 Å². The van der Waals surface area contributed by atoms with Gasteiger partial charge in [0.2, 0.25) is 0 Å². The van der Waals surface area contributed by atoms with Crippen LogP contribution in [-0.4, -0.2) is 31.1 Å². The van der Waals surface area contributed by atoms with Gasteiger partial charge in [0, 0.05) is 29.3 Å². The van der Waals surface area contributed by atoms with E-state index in [2.05, 4.69) is 0 Å². The van der Waals surface area contributed by atoms with Crippen molar-refractivity contribution in [2.45, 2.75) is 6.04 Å². The molecule has 0 N–H and O–H groups in total. The SMILES string of the molecule is O=S([O-])N1CCSCC1c1ccccc1. The third kappa shape index (κ3) is 2.60. The van der Waals surface area contributed by atoms with Gasteiger partial charge in [-0.3, -0.25) is 4.21 Å². The van der Waals surface area contributed by atoms with Gasteiger partial charge in [-0.15, -0.1) is 0 Å². The lowest BCUT2D eigenvalue weighted by Gasteiger charge is -2.36. The van der Waals surface area contributed by atoms with E-state index in [0.29, 0.717) is 6.54 Å². The van der Waals surface area contributed by atoms with Crippen LogP contribution in [0.1, 0.15) is 11.6 Å². The van der Waals surface area contributed by atoms with Crippen LogP contribution in [0.15, 0.2) is 30.3 Å². The summed E-state index contributed by atoms with van der Waals surface area (Å²) in [6, 6.07) is 9.80. The fourth-order valence-electron chi connectivity index (χ4n) is 1.70. The average molecular weight is 242 g/mol. The van der Waals surface area contributed by atoms with Crippen LogP contribution >= 0.6 is 11.8 Å². The lowest BCUT2D eigenvalue weighted by molar-refractivity contribution is 0.339. The molecule has 2 unspecified atom stereocenters. The molecule has 82 valence electrons. The molecule has 0 radical (unpaired) electrons. The Bertz CT molecular complexity index is 345. The molecular formula is C10H12NO2S2-. The quantitative estimate of drug-likeness (QED) is 0.739. The first-order valence-corrected chi connectivity index (χ1v) is 6.96. The third-order valence-electron chi connectivity index (χ3n) is 2.46. The Kier molecular flexibility index (Phi) is 3.80. The maximum absolute atomic E-state index is 11.1. The Labute approximate surface area is 96.3 Å². The monoisotopic (exact) mass is 242 g/mol. The number of hydrogen-bond acceptors (Lipinski definition) is 3. The second kappa shape index (κ2) is 5.12. The topological polar surface area (TPSA) is 43.4 Å². The maximum Gasteiger partial charge on any atom is 0.0555 e. The molecule has 1 aliphatic heterocycles. The smallest absolute Gasteiger partial charge is 0.0555 e. The molecule has 0 aliphatic carbocycles. The van der Waals surface area contributed by atoms with Gasteiger partial charge >= 0.3 is 0 Å². The second-order valence-electron chi connectivity index (χ2n) is 3.36. The number of thioether (sulfide) groups is 1. The molecule has 1 fully saturated rings. The first-order valence-electron chi connectivity index (χ1n) is 4.78. The fraction of sp³-hybridized carbons (Fsp3) is 0.400. The van der Waals surface area contributed by atoms with Crippen molar-refractivity contribution in [3.63, 3.8) is 0 Å². The molecule has 2 rings (SSSR count). The lowest BCUT2D eigenvalue weighted by atomic mass is 10.1. The molecule has 3 nitrogen and oxygen atoms in total. The van der Waals surface area contributed by atoms with Crippen molar-refractivity contribution in [3.05, 3.63) is 35.9 Å². The minimum Gasteiger partial charge on any atom is -0.760 e. The fourth-order valence-corrected chi connectivity index (χ4v) is 3.65. The summed E-state index contributed by atoms with van der Waals surface area (Å²) >= 11 is -0.309. The lowest BCUT2D eigenvalue weighted by Crippen LogP contribution is -2.37. The molecule has 5 heteroatoms. The van der Waals surface area contributed by atoms with Crippen molar-refractivity contribution in [1.82, 2.24) is 4.31 Å². The zero-order valence-electron chi connectivity index (χ0n) is 8.17. The van der Waals surface area contributed by atoms with Crippen LogP contribution in [0.5, 0.6) is 0 Å². The minimum absolute atomic E-state index is 0.00304. The van der Waals surface area contributed by atoms with Crippen LogP contribution < -0.4 is 0 Å². The van der Waals surface area contributed by atoms with E-state index < -0.39 is 11.3 Å². The summed E-state index contributed by atoms with van der Waals surface area (Å²) in [6.45, 7) is 0.611. The summed E-state index contributed by atoms with van der Waals surface area (Å²) in [7, 11) is 0. The normalized spacial score (nSPS) is 25.0. The molecule has 0 aromatic heterocycles. The standard InChI is InChI=1S/C10H13NO2S2/c12-15(13)11-6-7-14-8-10(11)9-4-2-1-3-5-9/h1-5,10H,6-8H2,(H,12,13)/p-1. The Morgan fingerprint density at radius 1 is 1.40 bits per heavy atom. The number of benzene rings is 1. The molecule has 0 saturated carbocycles. The number of rotatable bonds is 2.